The Bertz CT molecular complexity index is 605. The lowest BCUT2D eigenvalue weighted by molar-refractivity contribution is 0.0699. The van der Waals surface area contributed by atoms with Crippen LogP contribution in [0.5, 0.6) is 5.75 Å². The molecule has 0 aliphatic carbocycles. The van der Waals surface area contributed by atoms with Crippen molar-refractivity contribution < 1.29 is 14.6 Å². The van der Waals surface area contributed by atoms with Gasteiger partial charge in [0, 0.05) is 5.56 Å². The summed E-state index contributed by atoms with van der Waals surface area (Å²) < 4.78 is 5.15. The van der Waals surface area contributed by atoms with Gasteiger partial charge in [-0.1, -0.05) is 0 Å². The molecule has 0 aliphatic rings. The number of rotatable bonds is 3. The van der Waals surface area contributed by atoms with Gasteiger partial charge in [0.05, 0.1) is 12.8 Å². The Hall–Kier alpha value is -2.50. The Morgan fingerprint density at radius 3 is 2.78 bits per heavy atom. The number of nitrogens with zero attached hydrogens (tertiary/aromatic N) is 1. The van der Waals surface area contributed by atoms with E-state index in [1.165, 1.54) is 0 Å². The lowest BCUT2D eigenvalue weighted by Crippen LogP contribution is -2.01. The normalized spacial score (nSPS) is 10.3. The number of hydrogen-bond donors (Lipinski definition) is 3. The van der Waals surface area contributed by atoms with E-state index in [-0.39, 0.29) is 11.4 Å². The zero-order valence-electron chi connectivity index (χ0n) is 10.0. The second-order valence-corrected chi connectivity index (χ2v) is 3.85. The van der Waals surface area contributed by atoms with Crippen molar-refractivity contribution in [3.63, 3.8) is 0 Å². The summed E-state index contributed by atoms with van der Waals surface area (Å²) in [6, 6.07) is 5.34. The quantitative estimate of drug-likeness (QED) is 0.765. The molecule has 0 spiro atoms. The third-order valence-electron chi connectivity index (χ3n) is 2.69. The number of methoxy groups -OCH3 is 1. The first kappa shape index (κ1) is 12.0. The van der Waals surface area contributed by atoms with Crippen LogP contribution in [0.25, 0.3) is 11.3 Å². The van der Waals surface area contributed by atoms with Gasteiger partial charge in [0.2, 0.25) is 0 Å². The third-order valence-corrected chi connectivity index (χ3v) is 2.69. The second-order valence-electron chi connectivity index (χ2n) is 3.85. The number of carboxylic acids is 1. The third kappa shape index (κ3) is 1.88. The summed E-state index contributed by atoms with van der Waals surface area (Å²) in [6.07, 6.45) is 0. The molecule has 0 atom stereocenters. The Labute approximate surface area is 103 Å². The molecule has 1 aromatic carbocycles. The van der Waals surface area contributed by atoms with Crippen LogP contribution in [-0.2, 0) is 0 Å². The molecule has 0 unspecified atom stereocenters. The highest BCUT2D eigenvalue weighted by Gasteiger charge is 2.19. The fraction of sp³-hybridized carbons (Fsp3) is 0.167. The summed E-state index contributed by atoms with van der Waals surface area (Å²) in [7, 11) is 1.58. The first-order valence-corrected chi connectivity index (χ1v) is 5.26. The minimum atomic E-state index is -1.11. The van der Waals surface area contributed by atoms with Crippen molar-refractivity contribution in [2.75, 3.05) is 12.8 Å². The molecule has 1 aromatic heterocycles. The molecule has 0 amide bonds. The van der Waals surface area contributed by atoms with E-state index >= 15 is 0 Å². The first-order valence-electron chi connectivity index (χ1n) is 5.26. The van der Waals surface area contributed by atoms with E-state index in [2.05, 4.69) is 10.2 Å². The van der Waals surface area contributed by atoms with Crippen molar-refractivity contribution in [3.8, 4) is 17.0 Å². The van der Waals surface area contributed by atoms with Gasteiger partial charge >= 0.3 is 5.97 Å². The van der Waals surface area contributed by atoms with Gasteiger partial charge in [-0.3, -0.25) is 5.10 Å². The standard InChI is InChI=1S/C12H13N3O3/c1-6-5-7(3-4-8(6)18-2)10-9(12(16)17)11(13)15-14-10/h3-5H,1-2H3,(H,16,17)(H3,13,14,15). The molecule has 0 saturated carbocycles. The zero-order chi connectivity index (χ0) is 13.3. The van der Waals surface area contributed by atoms with Crippen molar-refractivity contribution in [1.29, 1.82) is 0 Å². The molecule has 18 heavy (non-hydrogen) atoms. The number of carbonyl (C=O) groups is 1. The SMILES string of the molecule is COc1ccc(-c2[nH]nc(N)c2C(=O)O)cc1C. The van der Waals surface area contributed by atoms with E-state index < -0.39 is 5.97 Å². The molecule has 0 saturated heterocycles. The summed E-state index contributed by atoms with van der Waals surface area (Å²) in [5, 5.41) is 15.5. The molecule has 2 rings (SSSR count). The second kappa shape index (κ2) is 4.40. The van der Waals surface area contributed by atoms with Crippen LogP contribution in [0.15, 0.2) is 18.2 Å². The van der Waals surface area contributed by atoms with E-state index in [0.29, 0.717) is 11.3 Å². The summed E-state index contributed by atoms with van der Waals surface area (Å²) in [5.74, 6) is -0.390. The van der Waals surface area contributed by atoms with Crippen molar-refractivity contribution in [2.24, 2.45) is 0 Å². The van der Waals surface area contributed by atoms with Gasteiger partial charge in [0.15, 0.2) is 5.82 Å². The summed E-state index contributed by atoms with van der Waals surface area (Å²) in [5.41, 5.74) is 7.51. The Morgan fingerprint density at radius 2 is 2.22 bits per heavy atom. The van der Waals surface area contributed by atoms with Crippen molar-refractivity contribution in [3.05, 3.63) is 29.3 Å². The number of H-pyrrole nitrogens is 1. The van der Waals surface area contributed by atoms with Gasteiger partial charge in [0.1, 0.15) is 11.3 Å². The van der Waals surface area contributed by atoms with Gasteiger partial charge in [-0.15, -0.1) is 0 Å². The highest BCUT2D eigenvalue weighted by atomic mass is 16.5. The molecule has 0 aliphatic heterocycles. The van der Waals surface area contributed by atoms with Gasteiger partial charge in [-0.05, 0) is 30.7 Å². The molecule has 1 heterocycles. The highest BCUT2D eigenvalue weighted by Crippen LogP contribution is 2.29. The molecular weight excluding hydrogens is 234 g/mol. The maximum absolute atomic E-state index is 11.1. The van der Waals surface area contributed by atoms with Crippen LogP contribution in [0, 0.1) is 6.92 Å². The van der Waals surface area contributed by atoms with Crippen molar-refractivity contribution in [1.82, 2.24) is 10.2 Å². The number of nitrogens with two attached hydrogens (primary N) is 1. The smallest absolute Gasteiger partial charge is 0.341 e. The minimum absolute atomic E-state index is 0.0143. The monoisotopic (exact) mass is 247 g/mol. The van der Waals surface area contributed by atoms with E-state index in [0.717, 1.165) is 11.3 Å². The fourth-order valence-electron chi connectivity index (χ4n) is 1.82. The van der Waals surface area contributed by atoms with Gasteiger partial charge in [0.25, 0.3) is 0 Å². The molecule has 0 bridgehead atoms. The van der Waals surface area contributed by atoms with Crippen LogP contribution in [0.1, 0.15) is 15.9 Å². The average molecular weight is 247 g/mol. The summed E-state index contributed by atoms with van der Waals surface area (Å²) >= 11 is 0. The number of aromatic carboxylic acids is 1. The predicted molar refractivity (Wildman–Crippen MR) is 66.7 cm³/mol. The van der Waals surface area contributed by atoms with Gasteiger partial charge in [-0.25, -0.2) is 4.79 Å². The first-order chi connectivity index (χ1) is 8.54. The zero-order valence-corrected chi connectivity index (χ0v) is 10.0. The van der Waals surface area contributed by atoms with Crippen LogP contribution in [0.4, 0.5) is 5.82 Å². The number of aromatic nitrogens is 2. The molecule has 0 fully saturated rings. The molecular formula is C12H13N3O3. The number of nitrogens with one attached hydrogen (secondary N) is 1. The molecule has 6 nitrogen and oxygen atoms in total. The number of nitrogen functional groups attached to an aromatic ring is 1. The highest BCUT2D eigenvalue weighted by molar-refractivity contribution is 5.99. The molecule has 4 N–H and O–H groups in total. The van der Waals surface area contributed by atoms with Gasteiger partial charge in [-0.2, -0.15) is 5.10 Å². The van der Waals surface area contributed by atoms with Crippen LogP contribution in [0.2, 0.25) is 0 Å². The van der Waals surface area contributed by atoms with E-state index in [9.17, 15) is 4.79 Å². The minimum Gasteiger partial charge on any atom is -0.496 e. The maximum atomic E-state index is 11.1. The largest absolute Gasteiger partial charge is 0.496 e. The van der Waals surface area contributed by atoms with E-state index in [4.69, 9.17) is 15.6 Å². The number of carboxylic acid groups (broad SMARTS) is 1. The number of ether oxygens (including phenoxy) is 1. The maximum Gasteiger partial charge on any atom is 0.341 e. The van der Waals surface area contributed by atoms with Crippen molar-refractivity contribution >= 4 is 11.8 Å². The topological polar surface area (TPSA) is 101 Å². The van der Waals surface area contributed by atoms with Gasteiger partial charge < -0.3 is 15.6 Å². The number of aryl methyl sites for hydroxylation is 1. The van der Waals surface area contributed by atoms with Crippen LogP contribution >= 0.6 is 0 Å². The van der Waals surface area contributed by atoms with Crippen LogP contribution in [-0.4, -0.2) is 28.4 Å². The summed E-state index contributed by atoms with van der Waals surface area (Å²) in [4.78, 5) is 11.1. The van der Waals surface area contributed by atoms with E-state index in [1.807, 2.05) is 13.0 Å². The number of benzene rings is 1. The summed E-state index contributed by atoms with van der Waals surface area (Å²) in [6.45, 7) is 1.88. The molecule has 6 heteroatoms. The van der Waals surface area contributed by atoms with Crippen molar-refractivity contribution in [2.45, 2.75) is 6.92 Å². The number of hydrogen-bond acceptors (Lipinski definition) is 4. The fourth-order valence-corrected chi connectivity index (χ4v) is 1.82. The van der Waals surface area contributed by atoms with Crippen LogP contribution < -0.4 is 10.5 Å². The number of aromatic amines is 1. The number of anilines is 1. The molecule has 2 aromatic rings. The molecule has 94 valence electrons. The predicted octanol–water partition coefficient (Wildman–Crippen LogP) is 1.67. The molecule has 0 radical (unpaired) electrons. The Morgan fingerprint density at radius 1 is 1.50 bits per heavy atom. The Kier molecular flexibility index (Phi) is 2.93. The lowest BCUT2D eigenvalue weighted by atomic mass is 10.0. The average Bonchev–Trinajstić information content (AvgIpc) is 2.71. The van der Waals surface area contributed by atoms with Crippen LogP contribution in [0.3, 0.4) is 0 Å². The van der Waals surface area contributed by atoms with E-state index in [1.54, 1.807) is 19.2 Å². The Balaban J connectivity index is 2.56. The lowest BCUT2D eigenvalue weighted by Gasteiger charge is -2.06.